The summed E-state index contributed by atoms with van der Waals surface area (Å²) in [5.74, 6) is -0.299. The van der Waals surface area contributed by atoms with Crippen molar-refractivity contribution in [3.05, 3.63) is 137 Å². The van der Waals surface area contributed by atoms with E-state index in [1.54, 1.807) is 29.2 Å². The summed E-state index contributed by atoms with van der Waals surface area (Å²) >= 11 is 0. The third-order valence-corrected chi connectivity index (χ3v) is 6.89. The summed E-state index contributed by atoms with van der Waals surface area (Å²) in [5.41, 5.74) is 3.26. The maximum atomic E-state index is 13.4. The van der Waals surface area contributed by atoms with Gasteiger partial charge in [-0.05, 0) is 66.4 Å². The zero-order valence-electron chi connectivity index (χ0n) is 22.3. The van der Waals surface area contributed by atoms with Gasteiger partial charge in [-0.3, -0.25) is 9.59 Å². The summed E-state index contributed by atoms with van der Waals surface area (Å²) in [6.07, 6.45) is 0.567. The molecular weight excluding hydrogens is 502 g/mol. The molecule has 0 aliphatic carbocycles. The number of amides is 1. The highest BCUT2D eigenvalue weighted by Gasteiger charge is 2.46. The Morgan fingerprint density at radius 3 is 2.12 bits per heavy atom. The van der Waals surface area contributed by atoms with E-state index in [0.717, 1.165) is 11.1 Å². The first kappa shape index (κ1) is 26.8. The van der Waals surface area contributed by atoms with Gasteiger partial charge < -0.3 is 19.5 Å². The lowest BCUT2D eigenvalue weighted by Crippen LogP contribution is -2.31. The number of Topliss-reactive ketones (excluding diaryl/α,β-unsaturated/α-hetero) is 1. The second-order valence-corrected chi connectivity index (χ2v) is 9.53. The largest absolute Gasteiger partial charge is 0.507 e. The van der Waals surface area contributed by atoms with E-state index >= 15 is 0 Å². The highest BCUT2D eigenvalue weighted by atomic mass is 16.5. The fourth-order valence-electron chi connectivity index (χ4n) is 4.90. The van der Waals surface area contributed by atoms with E-state index in [4.69, 9.17) is 9.47 Å². The van der Waals surface area contributed by atoms with Crippen molar-refractivity contribution in [1.29, 1.82) is 0 Å². The number of carbonyl (C=O) groups excluding carboxylic acids is 2. The van der Waals surface area contributed by atoms with Crippen LogP contribution in [0, 0.1) is 0 Å². The predicted molar refractivity (Wildman–Crippen MR) is 154 cm³/mol. The predicted octanol–water partition coefficient (Wildman–Crippen LogP) is 6.33. The SMILES string of the molecule is CCOc1ccc(C(O)=C2C(=O)C(=O)N(CCc3ccccc3)C2c2cccc(OCc3ccccc3)c2)cc1. The number of hydrogen-bond acceptors (Lipinski definition) is 5. The third-order valence-electron chi connectivity index (χ3n) is 6.89. The van der Waals surface area contributed by atoms with Gasteiger partial charge in [-0.1, -0.05) is 72.8 Å². The number of nitrogens with zero attached hydrogens (tertiary/aromatic N) is 1. The van der Waals surface area contributed by atoms with Crippen LogP contribution in [0.2, 0.25) is 0 Å². The molecule has 6 heteroatoms. The summed E-state index contributed by atoms with van der Waals surface area (Å²) < 4.78 is 11.6. The number of ketones is 1. The van der Waals surface area contributed by atoms with Crippen molar-refractivity contribution < 1.29 is 24.2 Å². The highest BCUT2D eigenvalue weighted by molar-refractivity contribution is 6.46. The van der Waals surface area contributed by atoms with Gasteiger partial charge in [-0.15, -0.1) is 0 Å². The van der Waals surface area contributed by atoms with Crippen LogP contribution in [0.1, 0.15) is 35.2 Å². The Hall–Kier alpha value is -4.84. The maximum Gasteiger partial charge on any atom is 0.295 e. The van der Waals surface area contributed by atoms with E-state index in [1.807, 2.05) is 91.9 Å². The van der Waals surface area contributed by atoms with E-state index in [2.05, 4.69) is 0 Å². The van der Waals surface area contributed by atoms with Gasteiger partial charge in [-0.25, -0.2) is 0 Å². The van der Waals surface area contributed by atoms with Gasteiger partial charge in [0.05, 0.1) is 18.2 Å². The molecule has 5 rings (SSSR count). The maximum absolute atomic E-state index is 13.4. The molecule has 0 saturated carbocycles. The Labute approximate surface area is 234 Å². The number of carbonyl (C=O) groups is 2. The van der Waals surface area contributed by atoms with Crippen molar-refractivity contribution in [2.75, 3.05) is 13.2 Å². The average molecular weight is 534 g/mol. The third kappa shape index (κ3) is 5.91. The van der Waals surface area contributed by atoms with Crippen molar-refractivity contribution in [2.24, 2.45) is 0 Å². The minimum Gasteiger partial charge on any atom is -0.507 e. The van der Waals surface area contributed by atoms with E-state index in [1.165, 1.54) is 0 Å². The standard InChI is InChI=1S/C34H31NO5/c1-2-39-28-18-16-26(17-19-28)32(36)30-31(35(34(38)33(30)37)21-20-24-10-5-3-6-11-24)27-14-9-15-29(22-27)40-23-25-12-7-4-8-13-25/h3-19,22,31,36H,2,20-21,23H2,1H3. The van der Waals surface area contributed by atoms with E-state index in [0.29, 0.717) is 48.8 Å². The van der Waals surface area contributed by atoms with Gasteiger partial charge in [0.1, 0.15) is 23.9 Å². The Morgan fingerprint density at radius 2 is 1.45 bits per heavy atom. The van der Waals surface area contributed by atoms with Crippen molar-refractivity contribution in [3.63, 3.8) is 0 Å². The van der Waals surface area contributed by atoms with E-state index in [9.17, 15) is 14.7 Å². The molecule has 1 aliphatic heterocycles. The summed E-state index contributed by atoms with van der Waals surface area (Å²) in [5, 5.41) is 11.4. The molecule has 0 spiro atoms. The quantitative estimate of drug-likeness (QED) is 0.147. The molecule has 40 heavy (non-hydrogen) atoms. The minimum atomic E-state index is -0.768. The first-order valence-electron chi connectivity index (χ1n) is 13.4. The molecule has 6 nitrogen and oxygen atoms in total. The van der Waals surface area contributed by atoms with Gasteiger partial charge in [0.25, 0.3) is 11.7 Å². The normalized spacial score (nSPS) is 16.2. The molecule has 1 atom stereocenters. The van der Waals surface area contributed by atoms with Crippen LogP contribution in [-0.4, -0.2) is 34.8 Å². The molecule has 1 saturated heterocycles. The Balaban J connectivity index is 1.51. The summed E-state index contributed by atoms with van der Waals surface area (Å²) in [6.45, 7) is 3.10. The molecule has 1 unspecified atom stereocenters. The summed E-state index contributed by atoms with van der Waals surface area (Å²) in [4.78, 5) is 28.3. The second kappa shape index (κ2) is 12.3. The van der Waals surface area contributed by atoms with Crippen molar-refractivity contribution in [1.82, 2.24) is 4.90 Å². The van der Waals surface area contributed by atoms with Crippen LogP contribution in [0.5, 0.6) is 11.5 Å². The lowest BCUT2D eigenvalue weighted by atomic mass is 9.95. The van der Waals surface area contributed by atoms with Crippen molar-refractivity contribution >= 4 is 17.4 Å². The van der Waals surface area contributed by atoms with Crippen LogP contribution < -0.4 is 9.47 Å². The minimum absolute atomic E-state index is 0.0578. The zero-order chi connectivity index (χ0) is 27.9. The Bertz CT molecular complexity index is 1500. The molecular formula is C34H31NO5. The number of aliphatic hydroxyl groups is 1. The van der Waals surface area contributed by atoms with E-state index < -0.39 is 17.7 Å². The lowest BCUT2D eigenvalue weighted by molar-refractivity contribution is -0.139. The molecule has 1 fully saturated rings. The van der Waals surface area contributed by atoms with Crippen molar-refractivity contribution in [2.45, 2.75) is 26.0 Å². The average Bonchev–Trinajstić information content (AvgIpc) is 3.25. The first-order valence-corrected chi connectivity index (χ1v) is 13.4. The number of aliphatic hydroxyl groups excluding tert-OH is 1. The molecule has 4 aromatic rings. The number of hydrogen-bond donors (Lipinski definition) is 1. The van der Waals surface area contributed by atoms with Crippen LogP contribution in [0.25, 0.3) is 5.76 Å². The summed E-state index contributed by atoms with van der Waals surface area (Å²) in [7, 11) is 0. The first-order chi connectivity index (χ1) is 19.5. The molecule has 1 heterocycles. The zero-order valence-corrected chi connectivity index (χ0v) is 22.3. The van der Waals surface area contributed by atoms with Gasteiger partial charge >= 0.3 is 0 Å². The fourth-order valence-corrected chi connectivity index (χ4v) is 4.90. The Kier molecular flexibility index (Phi) is 8.26. The van der Waals surface area contributed by atoms with Gasteiger partial charge in [0.15, 0.2) is 0 Å². The monoisotopic (exact) mass is 533 g/mol. The van der Waals surface area contributed by atoms with Crippen LogP contribution in [-0.2, 0) is 22.6 Å². The second-order valence-electron chi connectivity index (χ2n) is 9.53. The van der Waals surface area contributed by atoms with Crippen LogP contribution >= 0.6 is 0 Å². The number of rotatable bonds is 10. The molecule has 1 N–H and O–H groups in total. The van der Waals surface area contributed by atoms with Crippen LogP contribution in [0.4, 0.5) is 0 Å². The highest BCUT2D eigenvalue weighted by Crippen LogP contribution is 2.40. The molecule has 1 aliphatic rings. The molecule has 0 aromatic heterocycles. The topological polar surface area (TPSA) is 76.1 Å². The molecule has 202 valence electrons. The molecule has 4 aromatic carbocycles. The van der Waals surface area contributed by atoms with Gasteiger partial charge in [0, 0.05) is 12.1 Å². The van der Waals surface area contributed by atoms with E-state index in [-0.39, 0.29) is 11.3 Å². The molecule has 1 amide bonds. The van der Waals surface area contributed by atoms with Gasteiger partial charge in [-0.2, -0.15) is 0 Å². The number of likely N-dealkylation sites (tertiary alicyclic amines) is 1. The Morgan fingerprint density at radius 1 is 0.775 bits per heavy atom. The molecule has 0 radical (unpaired) electrons. The molecule has 0 bridgehead atoms. The number of ether oxygens (including phenoxy) is 2. The lowest BCUT2D eigenvalue weighted by Gasteiger charge is -2.26. The fraction of sp³-hybridized carbons (Fsp3) is 0.176. The van der Waals surface area contributed by atoms with Crippen LogP contribution in [0.15, 0.2) is 115 Å². The number of benzene rings is 4. The summed E-state index contributed by atoms with van der Waals surface area (Å²) in [6, 6.07) is 33.1. The van der Waals surface area contributed by atoms with Crippen LogP contribution in [0.3, 0.4) is 0 Å². The van der Waals surface area contributed by atoms with Crippen molar-refractivity contribution in [3.8, 4) is 11.5 Å². The van der Waals surface area contributed by atoms with Gasteiger partial charge in [0.2, 0.25) is 0 Å². The smallest absolute Gasteiger partial charge is 0.295 e.